The Balaban J connectivity index is 2.57. The number of aliphatic hydroxyl groups is 1. The molecule has 0 bridgehead atoms. The van der Waals surface area contributed by atoms with Crippen LogP contribution in [0.5, 0.6) is 0 Å². The number of hydrogen-bond acceptors (Lipinski definition) is 5. The van der Waals surface area contributed by atoms with E-state index in [1.54, 1.807) is 12.1 Å². The van der Waals surface area contributed by atoms with Crippen LogP contribution in [0.2, 0.25) is 0 Å². The van der Waals surface area contributed by atoms with E-state index in [1.807, 2.05) is 0 Å². The normalized spacial score (nSPS) is 13.5. The Bertz CT molecular complexity index is 457. The molecule has 0 saturated heterocycles. The van der Waals surface area contributed by atoms with Crippen LogP contribution in [0.4, 0.5) is 0 Å². The molecule has 1 aromatic carbocycles. The van der Waals surface area contributed by atoms with E-state index in [1.165, 1.54) is 12.1 Å². The van der Waals surface area contributed by atoms with Gasteiger partial charge in [0.2, 0.25) is 0 Å². The van der Waals surface area contributed by atoms with Gasteiger partial charge in [-0.15, -0.1) is 0 Å². The summed E-state index contributed by atoms with van der Waals surface area (Å²) >= 11 is 0. The monoisotopic (exact) mass is 272 g/mol. The van der Waals surface area contributed by atoms with Gasteiger partial charge < -0.3 is 16.2 Å². The quantitative estimate of drug-likeness (QED) is 0.611. The largest absolute Gasteiger partial charge is 0.388 e. The maximum Gasteiger partial charge on any atom is 0.175 e. The van der Waals surface area contributed by atoms with Gasteiger partial charge in [0.05, 0.1) is 11.0 Å². The van der Waals surface area contributed by atoms with Crippen LogP contribution < -0.4 is 11.1 Å². The van der Waals surface area contributed by atoms with Gasteiger partial charge in [-0.1, -0.05) is 12.1 Å². The molecule has 1 atom stereocenters. The highest BCUT2D eigenvalue weighted by Gasteiger charge is 2.10. The molecule has 0 aliphatic carbocycles. The van der Waals surface area contributed by atoms with Crippen molar-refractivity contribution in [2.45, 2.75) is 17.4 Å². The van der Waals surface area contributed by atoms with Gasteiger partial charge in [0.15, 0.2) is 9.84 Å². The zero-order chi connectivity index (χ0) is 13.6. The smallest absolute Gasteiger partial charge is 0.175 e. The lowest BCUT2D eigenvalue weighted by Gasteiger charge is -2.11. The molecular weight excluding hydrogens is 252 g/mol. The number of nitrogens with two attached hydrogens (primary N) is 1. The SMILES string of the molecule is CS(=O)(=O)c1ccc(C(O)CCNCCN)cc1. The maximum absolute atomic E-state index is 11.3. The molecule has 0 amide bonds. The fourth-order valence-electron chi connectivity index (χ4n) is 1.57. The van der Waals surface area contributed by atoms with Crippen LogP contribution >= 0.6 is 0 Å². The standard InChI is InChI=1S/C12H20N2O3S/c1-18(16,17)11-4-2-10(3-5-11)12(15)6-8-14-9-7-13/h2-5,12,14-15H,6-9,13H2,1H3. The summed E-state index contributed by atoms with van der Waals surface area (Å²) in [6.07, 6.45) is 1.14. The minimum atomic E-state index is -3.18. The molecular formula is C12H20N2O3S. The summed E-state index contributed by atoms with van der Waals surface area (Å²) in [7, 11) is -3.18. The van der Waals surface area contributed by atoms with Crippen molar-refractivity contribution in [1.29, 1.82) is 0 Å². The van der Waals surface area contributed by atoms with Crippen LogP contribution in [0.3, 0.4) is 0 Å². The second-order valence-corrected chi connectivity index (χ2v) is 6.20. The molecule has 0 radical (unpaired) electrons. The van der Waals surface area contributed by atoms with E-state index in [0.29, 0.717) is 19.5 Å². The summed E-state index contributed by atoms with van der Waals surface area (Å²) in [6, 6.07) is 6.32. The zero-order valence-electron chi connectivity index (χ0n) is 10.5. The van der Waals surface area contributed by atoms with Crippen molar-refractivity contribution in [3.8, 4) is 0 Å². The molecule has 0 spiro atoms. The first kappa shape index (κ1) is 15.1. The third kappa shape index (κ3) is 4.73. The first-order valence-electron chi connectivity index (χ1n) is 5.84. The predicted octanol–water partition coefficient (Wildman–Crippen LogP) is 0.0619. The van der Waals surface area contributed by atoms with Gasteiger partial charge in [-0.2, -0.15) is 0 Å². The number of benzene rings is 1. The highest BCUT2D eigenvalue weighted by molar-refractivity contribution is 7.90. The van der Waals surface area contributed by atoms with E-state index in [0.717, 1.165) is 18.4 Å². The van der Waals surface area contributed by atoms with E-state index < -0.39 is 15.9 Å². The number of nitrogens with one attached hydrogen (secondary N) is 1. The summed E-state index contributed by atoms with van der Waals surface area (Å²) in [4.78, 5) is 0.264. The first-order valence-corrected chi connectivity index (χ1v) is 7.73. The third-order valence-corrected chi connectivity index (χ3v) is 3.74. The molecule has 5 nitrogen and oxygen atoms in total. The highest BCUT2D eigenvalue weighted by atomic mass is 32.2. The summed E-state index contributed by atoms with van der Waals surface area (Å²) in [5.41, 5.74) is 6.05. The average molecular weight is 272 g/mol. The fourth-order valence-corrected chi connectivity index (χ4v) is 2.20. The number of aliphatic hydroxyl groups excluding tert-OH is 1. The van der Waals surface area contributed by atoms with Crippen molar-refractivity contribution in [1.82, 2.24) is 5.32 Å². The number of rotatable bonds is 7. The van der Waals surface area contributed by atoms with Crippen LogP contribution in [0, 0.1) is 0 Å². The lowest BCUT2D eigenvalue weighted by molar-refractivity contribution is 0.167. The number of sulfone groups is 1. The molecule has 0 aromatic heterocycles. The minimum Gasteiger partial charge on any atom is -0.388 e. The molecule has 4 N–H and O–H groups in total. The van der Waals surface area contributed by atoms with E-state index in [-0.39, 0.29) is 4.90 Å². The molecule has 1 aromatic rings. The summed E-state index contributed by atoms with van der Waals surface area (Å²) < 4.78 is 22.5. The topological polar surface area (TPSA) is 92.4 Å². The molecule has 0 aliphatic heterocycles. The van der Waals surface area contributed by atoms with E-state index in [9.17, 15) is 13.5 Å². The lowest BCUT2D eigenvalue weighted by atomic mass is 10.1. The average Bonchev–Trinajstić information content (AvgIpc) is 2.33. The van der Waals surface area contributed by atoms with Gasteiger partial charge in [0.1, 0.15) is 0 Å². The summed E-state index contributed by atoms with van der Waals surface area (Å²) in [5, 5.41) is 13.0. The second-order valence-electron chi connectivity index (χ2n) is 4.18. The maximum atomic E-state index is 11.3. The van der Waals surface area contributed by atoms with Crippen molar-refractivity contribution in [3.63, 3.8) is 0 Å². The molecule has 0 fully saturated rings. The second kappa shape index (κ2) is 6.84. The first-order chi connectivity index (χ1) is 8.45. The van der Waals surface area contributed by atoms with Crippen LogP contribution in [-0.2, 0) is 9.84 Å². The minimum absolute atomic E-state index is 0.264. The van der Waals surface area contributed by atoms with Gasteiger partial charge in [0.25, 0.3) is 0 Å². The lowest BCUT2D eigenvalue weighted by Crippen LogP contribution is -2.24. The highest BCUT2D eigenvalue weighted by Crippen LogP contribution is 2.18. The van der Waals surface area contributed by atoms with Crippen molar-refractivity contribution in [3.05, 3.63) is 29.8 Å². The Labute approximate surface area is 108 Å². The van der Waals surface area contributed by atoms with Crippen LogP contribution in [0.1, 0.15) is 18.1 Å². The molecule has 102 valence electrons. The molecule has 0 heterocycles. The van der Waals surface area contributed by atoms with Crippen molar-refractivity contribution in [2.24, 2.45) is 5.73 Å². The van der Waals surface area contributed by atoms with Gasteiger partial charge in [0, 0.05) is 19.3 Å². The van der Waals surface area contributed by atoms with Crippen LogP contribution in [-0.4, -0.2) is 39.4 Å². The van der Waals surface area contributed by atoms with Crippen LogP contribution in [0.25, 0.3) is 0 Å². The Kier molecular flexibility index (Phi) is 5.74. The van der Waals surface area contributed by atoms with Crippen LogP contribution in [0.15, 0.2) is 29.2 Å². The molecule has 6 heteroatoms. The summed E-state index contributed by atoms with van der Waals surface area (Å²) in [5.74, 6) is 0. The Morgan fingerprint density at radius 1 is 1.28 bits per heavy atom. The Morgan fingerprint density at radius 2 is 1.89 bits per heavy atom. The Morgan fingerprint density at radius 3 is 2.39 bits per heavy atom. The summed E-state index contributed by atoms with van der Waals surface area (Å²) in [6.45, 7) is 1.96. The van der Waals surface area contributed by atoms with E-state index >= 15 is 0 Å². The van der Waals surface area contributed by atoms with Gasteiger partial charge in [-0.3, -0.25) is 0 Å². The van der Waals surface area contributed by atoms with E-state index in [4.69, 9.17) is 5.73 Å². The van der Waals surface area contributed by atoms with Gasteiger partial charge >= 0.3 is 0 Å². The predicted molar refractivity (Wildman–Crippen MR) is 71.1 cm³/mol. The number of hydrogen-bond donors (Lipinski definition) is 3. The third-order valence-electron chi connectivity index (χ3n) is 2.61. The molecule has 0 aliphatic rings. The van der Waals surface area contributed by atoms with E-state index in [2.05, 4.69) is 5.32 Å². The van der Waals surface area contributed by atoms with Gasteiger partial charge in [-0.05, 0) is 30.7 Å². The van der Waals surface area contributed by atoms with Crippen molar-refractivity contribution < 1.29 is 13.5 Å². The molecule has 1 rings (SSSR count). The van der Waals surface area contributed by atoms with Crippen molar-refractivity contribution in [2.75, 3.05) is 25.9 Å². The Hall–Kier alpha value is -0.950. The van der Waals surface area contributed by atoms with Gasteiger partial charge in [-0.25, -0.2) is 8.42 Å². The molecule has 1 unspecified atom stereocenters. The fraction of sp³-hybridized carbons (Fsp3) is 0.500. The van der Waals surface area contributed by atoms with Crippen molar-refractivity contribution >= 4 is 9.84 Å². The molecule has 18 heavy (non-hydrogen) atoms. The molecule has 0 saturated carbocycles. The zero-order valence-corrected chi connectivity index (χ0v) is 11.3.